The van der Waals surface area contributed by atoms with Crippen LogP contribution in [0.4, 0.5) is 0 Å². The van der Waals surface area contributed by atoms with Gasteiger partial charge in [0.1, 0.15) is 0 Å². The van der Waals surface area contributed by atoms with E-state index in [0.29, 0.717) is 6.54 Å². The molecule has 112 valence electrons. The number of thioether (sulfide) groups is 1. The number of likely N-dealkylation sites (N-methyl/N-ethyl adjacent to an activating group) is 1. The van der Waals surface area contributed by atoms with Crippen molar-refractivity contribution in [2.24, 2.45) is 5.73 Å². The standard InChI is InChI=1S/C17H22N2OS/c1-19(17(20)16(18)10-11-21-2)12-14-8-5-7-13-6-3-4-9-15(13)14/h3-9,16H,10-12,18H2,1-2H3/t16-/m0/s1. The van der Waals surface area contributed by atoms with Crippen molar-refractivity contribution >= 4 is 28.4 Å². The monoisotopic (exact) mass is 302 g/mol. The predicted octanol–water partition coefficient (Wildman–Crippen LogP) is 2.88. The maximum Gasteiger partial charge on any atom is 0.239 e. The second-order valence-electron chi connectivity index (χ2n) is 5.22. The van der Waals surface area contributed by atoms with Crippen LogP contribution < -0.4 is 5.73 Å². The molecule has 0 saturated carbocycles. The number of nitrogens with zero attached hydrogens (tertiary/aromatic N) is 1. The van der Waals surface area contributed by atoms with Gasteiger partial charge in [0.05, 0.1) is 6.04 Å². The average molecular weight is 302 g/mol. The van der Waals surface area contributed by atoms with Crippen molar-refractivity contribution in [1.29, 1.82) is 0 Å². The summed E-state index contributed by atoms with van der Waals surface area (Å²) >= 11 is 1.71. The number of hydrogen-bond acceptors (Lipinski definition) is 3. The number of carbonyl (C=O) groups is 1. The second kappa shape index (κ2) is 7.48. The van der Waals surface area contributed by atoms with Crippen LogP contribution in [0.3, 0.4) is 0 Å². The lowest BCUT2D eigenvalue weighted by molar-refractivity contribution is -0.131. The van der Waals surface area contributed by atoms with E-state index in [0.717, 1.165) is 17.7 Å². The van der Waals surface area contributed by atoms with Crippen molar-refractivity contribution in [3.8, 4) is 0 Å². The van der Waals surface area contributed by atoms with Gasteiger partial charge in [-0.1, -0.05) is 42.5 Å². The van der Waals surface area contributed by atoms with Crippen molar-refractivity contribution in [3.63, 3.8) is 0 Å². The quantitative estimate of drug-likeness (QED) is 0.892. The average Bonchev–Trinajstić information content (AvgIpc) is 2.52. The van der Waals surface area contributed by atoms with Crippen molar-refractivity contribution in [3.05, 3.63) is 48.0 Å². The molecule has 0 radical (unpaired) electrons. The van der Waals surface area contributed by atoms with Crippen LogP contribution in [0.15, 0.2) is 42.5 Å². The number of rotatable bonds is 6. The third kappa shape index (κ3) is 3.99. The fourth-order valence-corrected chi connectivity index (χ4v) is 2.90. The fraction of sp³-hybridized carbons (Fsp3) is 0.353. The molecule has 0 bridgehead atoms. The van der Waals surface area contributed by atoms with Crippen LogP contribution in [0.25, 0.3) is 10.8 Å². The second-order valence-corrected chi connectivity index (χ2v) is 6.21. The largest absolute Gasteiger partial charge is 0.340 e. The van der Waals surface area contributed by atoms with Crippen LogP contribution in [-0.4, -0.2) is 35.9 Å². The molecule has 0 aliphatic carbocycles. The highest BCUT2D eigenvalue weighted by molar-refractivity contribution is 7.98. The summed E-state index contributed by atoms with van der Waals surface area (Å²) in [5.41, 5.74) is 7.12. The SMILES string of the molecule is CSCC[C@H](N)C(=O)N(C)Cc1cccc2ccccc12. The Hall–Kier alpha value is -1.52. The van der Waals surface area contributed by atoms with E-state index in [1.807, 2.05) is 31.5 Å². The molecule has 2 aromatic carbocycles. The first kappa shape index (κ1) is 15.9. The number of amides is 1. The Morgan fingerprint density at radius 3 is 2.71 bits per heavy atom. The number of hydrogen-bond donors (Lipinski definition) is 1. The van der Waals surface area contributed by atoms with Gasteiger partial charge in [0, 0.05) is 13.6 Å². The number of nitrogens with two attached hydrogens (primary N) is 1. The maximum atomic E-state index is 12.3. The van der Waals surface area contributed by atoms with Crippen LogP contribution in [0, 0.1) is 0 Å². The van der Waals surface area contributed by atoms with E-state index < -0.39 is 6.04 Å². The summed E-state index contributed by atoms with van der Waals surface area (Å²) in [6.45, 7) is 0.590. The summed E-state index contributed by atoms with van der Waals surface area (Å²) < 4.78 is 0. The van der Waals surface area contributed by atoms with Gasteiger partial charge in [-0.15, -0.1) is 0 Å². The van der Waals surface area contributed by atoms with Crippen LogP contribution in [0.2, 0.25) is 0 Å². The molecule has 3 nitrogen and oxygen atoms in total. The lowest BCUT2D eigenvalue weighted by atomic mass is 10.0. The first-order valence-electron chi connectivity index (χ1n) is 7.09. The zero-order valence-electron chi connectivity index (χ0n) is 12.6. The van der Waals surface area contributed by atoms with Crippen LogP contribution in [0.1, 0.15) is 12.0 Å². The maximum absolute atomic E-state index is 12.3. The zero-order chi connectivity index (χ0) is 15.2. The van der Waals surface area contributed by atoms with E-state index in [1.54, 1.807) is 16.7 Å². The summed E-state index contributed by atoms with van der Waals surface area (Å²) in [5.74, 6) is 0.923. The summed E-state index contributed by atoms with van der Waals surface area (Å²) in [4.78, 5) is 14.0. The van der Waals surface area contributed by atoms with Crippen molar-refractivity contribution in [2.75, 3.05) is 19.1 Å². The molecule has 2 N–H and O–H groups in total. The molecule has 2 rings (SSSR count). The summed E-state index contributed by atoms with van der Waals surface area (Å²) in [7, 11) is 1.82. The Balaban J connectivity index is 2.11. The van der Waals surface area contributed by atoms with Crippen molar-refractivity contribution < 1.29 is 4.79 Å². The Labute approximate surface area is 130 Å². The van der Waals surface area contributed by atoms with Gasteiger partial charge in [0.2, 0.25) is 5.91 Å². The Morgan fingerprint density at radius 2 is 1.95 bits per heavy atom. The van der Waals surface area contributed by atoms with Gasteiger partial charge in [-0.05, 0) is 34.8 Å². The highest BCUT2D eigenvalue weighted by Gasteiger charge is 2.18. The van der Waals surface area contributed by atoms with Gasteiger partial charge in [0.15, 0.2) is 0 Å². The summed E-state index contributed by atoms with van der Waals surface area (Å²) in [6, 6.07) is 14.0. The molecule has 4 heteroatoms. The molecule has 0 aromatic heterocycles. The van der Waals surface area contributed by atoms with E-state index in [-0.39, 0.29) is 5.91 Å². The van der Waals surface area contributed by atoms with Crippen molar-refractivity contribution in [2.45, 2.75) is 19.0 Å². The molecule has 0 spiro atoms. The minimum atomic E-state index is -0.405. The number of fused-ring (bicyclic) bond motifs is 1. The molecule has 0 unspecified atom stereocenters. The lowest BCUT2D eigenvalue weighted by Gasteiger charge is -2.22. The molecule has 0 fully saturated rings. The minimum absolute atomic E-state index is 0.0111. The van der Waals surface area contributed by atoms with E-state index >= 15 is 0 Å². The Bertz CT molecular complexity index is 609. The van der Waals surface area contributed by atoms with Gasteiger partial charge >= 0.3 is 0 Å². The third-order valence-corrected chi connectivity index (χ3v) is 4.26. The molecule has 0 aliphatic rings. The highest BCUT2D eigenvalue weighted by Crippen LogP contribution is 2.19. The topological polar surface area (TPSA) is 46.3 Å². The minimum Gasteiger partial charge on any atom is -0.340 e. The van der Waals surface area contributed by atoms with Gasteiger partial charge in [-0.25, -0.2) is 0 Å². The molecule has 0 saturated heterocycles. The van der Waals surface area contributed by atoms with E-state index in [2.05, 4.69) is 24.3 Å². The van der Waals surface area contributed by atoms with E-state index in [9.17, 15) is 4.79 Å². The van der Waals surface area contributed by atoms with Crippen LogP contribution >= 0.6 is 11.8 Å². The van der Waals surface area contributed by atoms with Crippen LogP contribution in [-0.2, 0) is 11.3 Å². The highest BCUT2D eigenvalue weighted by atomic mass is 32.2. The lowest BCUT2D eigenvalue weighted by Crippen LogP contribution is -2.41. The number of benzene rings is 2. The molecule has 1 atom stereocenters. The van der Waals surface area contributed by atoms with E-state index in [1.165, 1.54) is 10.8 Å². The Morgan fingerprint density at radius 1 is 1.24 bits per heavy atom. The van der Waals surface area contributed by atoms with E-state index in [4.69, 9.17) is 5.73 Å². The van der Waals surface area contributed by atoms with Crippen LogP contribution in [0.5, 0.6) is 0 Å². The molecule has 0 heterocycles. The first-order chi connectivity index (χ1) is 10.1. The normalized spacial score (nSPS) is 12.3. The first-order valence-corrected chi connectivity index (χ1v) is 8.49. The molecular formula is C17H22N2OS. The van der Waals surface area contributed by atoms with Gasteiger partial charge in [0.25, 0.3) is 0 Å². The van der Waals surface area contributed by atoms with Gasteiger partial charge in [-0.3, -0.25) is 4.79 Å². The van der Waals surface area contributed by atoms with Gasteiger partial charge in [-0.2, -0.15) is 11.8 Å². The summed E-state index contributed by atoms with van der Waals surface area (Å²) in [6.07, 6.45) is 2.75. The molecule has 2 aromatic rings. The Kier molecular flexibility index (Phi) is 5.65. The third-order valence-electron chi connectivity index (χ3n) is 3.61. The predicted molar refractivity (Wildman–Crippen MR) is 91.4 cm³/mol. The smallest absolute Gasteiger partial charge is 0.239 e. The molecule has 0 aliphatic heterocycles. The zero-order valence-corrected chi connectivity index (χ0v) is 13.4. The molecular weight excluding hydrogens is 280 g/mol. The number of carbonyl (C=O) groups excluding carboxylic acids is 1. The van der Waals surface area contributed by atoms with Crippen molar-refractivity contribution in [1.82, 2.24) is 4.90 Å². The molecule has 21 heavy (non-hydrogen) atoms. The summed E-state index contributed by atoms with van der Waals surface area (Å²) in [5, 5.41) is 2.39. The molecule has 1 amide bonds. The fourth-order valence-electron chi connectivity index (χ4n) is 2.42. The van der Waals surface area contributed by atoms with Gasteiger partial charge < -0.3 is 10.6 Å².